The van der Waals surface area contributed by atoms with E-state index in [4.69, 9.17) is 0 Å². The zero-order valence-corrected chi connectivity index (χ0v) is 13.6. The van der Waals surface area contributed by atoms with Crippen LogP contribution in [-0.4, -0.2) is 11.1 Å². The highest BCUT2D eigenvalue weighted by Crippen LogP contribution is 2.60. The highest BCUT2D eigenvalue weighted by Gasteiger charge is 2.61. The second kappa shape index (κ2) is 6.18. The summed E-state index contributed by atoms with van der Waals surface area (Å²) in [5.41, 5.74) is -5.72. The van der Waals surface area contributed by atoms with E-state index < -0.39 is 52.4 Å². The molecule has 0 saturated heterocycles. The fourth-order valence-electron chi connectivity index (χ4n) is 3.41. The number of rotatable bonds is 3. The van der Waals surface area contributed by atoms with Gasteiger partial charge in [-0.05, 0) is 41.8 Å². The summed E-state index contributed by atoms with van der Waals surface area (Å²) in [7, 11) is 0. The number of benzene rings is 2. The van der Waals surface area contributed by atoms with Crippen LogP contribution in [0.5, 0.6) is 0 Å². The number of aliphatic carboxylic acids is 1. The lowest BCUT2D eigenvalue weighted by Crippen LogP contribution is -2.20. The summed E-state index contributed by atoms with van der Waals surface area (Å²) < 4.78 is 105. The number of alkyl halides is 6. The Bertz CT molecular complexity index is 882. The Morgan fingerprint density at radius 1 is 0.857 bits per heavy atom. The molecular formula is C18H10F8O2. The molecule has 0 spiro atoms. The van der Waals surface area contributed by atoms with Crippen molar-refractivity contribution in [3.05, 3.63) is 70.3 Å². The molecule has 10 heteroatoms. The first kappa shape index (κ1) is 20.1. The zero-order valence-electron chi connectivity index (χ0n) is 13.6. The minimum Gasteiger partial charge on any atom is -0.481 e. The van der Waals surface area contributed by atoms with Crippen LogP contribution in [0, 0.1) is 17.6 Å². The largest absolute Gasteiger partial charge is 0.481 e. The van der Waals surface area contributed by atoms with Gasteiger partial charge in [0.25, 0.3) is 0 Å². The predicted molar refractivity (Wildman–Crippen MR) is 79.3 cm³/mol. The SMILES string of the molecule is O=C(O)C1CC1(c1ccc(F)c(C(F)(F)F)c1)c1ccc(F)c(C(F)(F)F)c1. The first-order valence-electron chi connectivity index (χ1n) is 7.75. The summed E-state index contributed by atoms with van der Waals surface area (Å²) in [5, 5.41) is 9.29. The van der Waals surface area contributed by atoms with Crippen LogP contribution < -0.4 is 0 Å². The summed E-state index contributed by atoms with van der Waals surface area (Å²) in [6.45, 7) is 0. The van der Waals surface area contributed by atoms with E-state index in [1.54, 1.807) is 0 Å². The van der Waals surface area contributed by atoms with Crippen LogP contribution >= 0.6 is 0 Å². The van der Waals surface area contributed by atoms with Crippen LogP contribution in [0.15, 0.2) is 36.4 Å². The summed E-state index contributed by atoms with van der Waals surface area (Å²) >= 11 is 0. The molecule has 0 bridgehead atoms. The van der Waals surface area contributed by atoms with E-state index in [0.29, 0.717) is 24.3 Å². The Labute approximate surface area is 152 Å². The van der Waals surface area contributed by atoms with Gasteiger partial charge in [-0.1, -0.05) is 12.1 Å². The van der Waals surface area contributed by atoms with Gasteiger partial charge in [0.15, 0.2) is 0 Å². The Balaban J connectivity index is 2.22. The van der Waals surface area contributed by atoms with Crippen molar-refractivity contribution >= 4 is 5.97 Å². The third-order valence-corrected chi connectivity index (χ3v) is 4.83. The van der Waals surface area contributed by atoms with Gasteiger partial charge < -0.3 is 5.11 Å². The number of carbonyl (C=O) groups is 1. The molecule has 1 N–H and O–H groups in total. The van der Waals surface area contributed by atoms with Gasteiger partial charge in [0, 0.05) is 5.41 Å². The number of hydrogen-bond acceptors (Lipinski definition) is 1. The Morgan fingerprint density at radius 3 is 1.54 bits per heavy atom. The third kappa shape index (κ3) is 3.20. The molecule has 0 aliphatic heterocycles. The van der Waals surface area contributed by atoms with E-state index in [-0.39, 0.29) is 17.5 Å². The fourth-order valence-corrected chi connectivity index (χ4v) is 3.41. The van der Waals surface area contributed by atoms with Crippen LogP contribution in [0.4, 0.5) is 35.1 Å². The van der Waals surface area contributed by atoms with Gasteiger partial charge in [-0.15, -0.1) is 0 Å². The average Bonchev–Trinajstić information content (AvgIpc) is 3.30. The molecule has 1 atom stereocenters. The fraction of sp³-hybridized carbons (Fsp3) is 0.278. The molecular weight excluding hydrogens is 400 g/mol. The van der Waals surface area contributed by atoms with Crippen molar-refractivity contribution in [2.45, 2.75) is 24.2 Å². The van der Waals surface area contributed by atoms with Gasteiger partial charge in [-0.25, -0.2) is 8.78 Å². The van der Waals surface area contributed by atoms with E-state index in [2.05, 4.69) is 0 Å². The molecule has 2 aromatic carbocycles. The first-order valence-corrected chi connectivity index (χ1v) is 7.75. The second-order valence-corrected chi connectivity index (χ2v) is 6.45. The van der Waals surface area contributed by atoms with E-state index in [9.17, 15) is 45.0 Å². The Hall–Kier alpha value is -2.65. The molecule has 1 fully saturated rings. The lowest BCUT2D eigenvalue weighted by Gasteiger charge is -2.21. The Morgan fingerprint density at radius 2 is 1.25 bits per heavy atom. The maximum absolute atomic E-state index is 13.6. The van der Waals surface area contributed by atoms with Gasteiger partial charge in [0.1, 0.15) is 11.6 Å². The summed E-state index contributed by atoms with van der Waals surface area (Å²) in [6, 6.07) is 3.51. The van der Waals surface area contributed by atoms with Crippen molar-refractivity contribution in [3.63, 3.8) is 0 Å². The van der Waals surface area contributed by atoms with Crippen molar-refractivity contribution in [2.75, 3.05) is 0 Å². The molecule has 0 heterocycles. The summed E-state index contributed by atoms with van der Waals surface area (Å²) in [4.78, 5) is 11.4. The lowest BCUT2D eigenvalue weighted by atomic mass is 9.84. The molecule has 1 unspecified atom stereocenters. The van der Waals surface area contributed by atoms with E-state index in [0.717, 1.165) is 12.1 Å². The van der Waals surface area contributed by atoms with Crippen molar-refractivity contribution < 1.29 is 45.0 Å². The molecule has 0 aromatic heterocycles. The first-order chi connectivity index (χ1) is 12.8. The molecule has 28 heavy (non-hydrogen) atoms. The quantitative estimate of drug-likeness (QED) is 0.689. The minimum absolute atomic E-state index is 0.311. The number of carboxylic acids is 1. The molecule has 3 rings (SSSR count). The zero-order chi connectivity index (χ0) is 21.1. The van der Waals surface area contributed by atoms with Crippen LogP contribution in [-0.2, 0) is 22.6 Å². The minimum atomic E-state index is -5.09. The average molecular weight is 410 g/mol. The maximum Gasteiger partial charge on any atom is 0.419 e. The smallest absolute Gasteiger partial charge is 0.419 e. The highest BCUT2D eigenvalue weighted by molar-refractivity contribution is 5.79. The van der Waals surface area contributed by atoms with Gasteiger partial charge in [-0.2, -0.15) is 26.3 Å². The van der Waals surface area contributed by atoms with E-state index in [1.165, 1.54) is 0 Å². The normalized spacial score (nSPS) is 18.8. The molecule has 0 radical (unpaired) electrons. The monoisotopic (exact) mass is 410 g/mol. The summed E-state index contributed by atoms with van der Waals surface area (Å²) in [6.07, 6.45) is -10.5. The number of hydrogen-bond donors (Lipinski definition) is 1. The third-order valence-electron chi connectivity index (χ3n) is 4.83. The van der Waals surface area contributed by atoms with E-state index in [1.807, 2.05) is 0 Å². The summed E-state index contributed by atoms with van der Waals surface area (Å²) in [5.74, 6) is -6.00. The number of halogens is 8. The maximum atomic E-state index is 13.6. The molecule has 150 valence electrons. The van der Waals surface area contributed by atoms with Crippen LogP contribution in [0.3, 0.4) is 0 Å². The molecule has 2 nitrogen and oxygen atoms in total. The second-order valence-electron chi connectivity index (χ2n) is 6.45. The predicted octanol–water partition coefficient (Wildman–Crippen LogP) is 5.39. The van der Waals surface area contributed by atoms with Gasteiger partial charge in [-0.3, -0.25) is 4.79 Å². The molecule has 0 amide bonds. The van der Waals surface area contributed by atoms with Crippen molar-refractivity contribution in [2.24, 2.45) is 5.92 Å². The molecule has 1 saturated carbocycles. The molecule has 1 aliphatic carbocycles. The van der Waals surface area contributed by atoms with Crippen molar-refractivity contribution in [1.29, 1.82) is 0 Å². The molecule has 1 aliphatic rings. The van der Waals surface area contributed by atoms with Gasteiger partial charge >= 0.3 is 18.3 Å². The van der Waals surface area contributed by atoms with Crippen LogP contribution in [0.25, 0.3) is 0 Å². The van der Waals surface area contributed by atoms with Gasteiger partial charge in [0.2, 0.25) is 0 Å². The van der Waals surface area contributed by atoms with Crippen molar-refractivity contribution in [3.8, 4) is 0 Å². The Kier molecular flexibility index (Phi) is 4.43. The molecule has 2 aromatic rings. The standard InChI is InChI=1S/C18H10F8O2/c19-13-3-1-8(5-10(13)17(21,22)23)16(7-12(16)15(27)28)9-2-4-14(20)11(6-9)18(24,25)26/h1-6,12H,7H2,(H,27,28). The number of carboxylic acid groups (broad SMARTS) is 1. The van der Waals surface area contributed by atoms with Crippen molar-refractivity contribution in [1.82, 2.24) is 0 Å². The van der Waals surface area contributed by atoms with Crippen LogP contribution in [0.2, 0.25) is 0 Å². The topological polar surface area (TPSA) is 37.3 Å². The van der Waals surface area contributed by atoms with E-state index >= 15 is 0 Å². The highest BCUT2D eigenvalue weighted by atomic mass is 19.4. The van der Waals surface area contributed by atoms with Crippen LogP contribution in [0.1, 0.15) is 28.7 Å². The lowest BCUT2D eigenvalue weighted by molar-refractivity contribution is -0.140. The van der Waals surface area contributed by atoms with Gasteiger partial charge in [0.05, 0.1) is 17.0 Å².